The number of carbonyl (C=O) groups is 2. The molecule has 0 radical (unpaired) electrons. The molecular formula is C21H32N2O4. The van der Waals surface area contributed by atoms with E-state index < -0.39 is 6.10 Å². The van der Waals surface area contributed by atoms with Gasteiger partial charge in [0.1, 0.15) is 6.10 Å². The number of hydrogen-bond donors (Lipinski definition) is 1. The molecule has 4 aliphatic rings. The first-order chi connectivity index (χ1) is 12.8. The summed E-state index contributed by atoms with van der Waals surface area (Å²) in [6, 6.07) is 0. The summed E-state index contributed by atoms with van der Waals surface area (Å²) in [5.74, 6) is -0.0545. The second-order valence-corrected chi connectivity index (χ2v) is 9.11. The molecule has 150 valence electrons. The van der Waals surface area contributed by atoms with Crippen LogP contribution in [0.15, 0.2) is 11.6 Å². The Kier molecular flexibility index (Phi) is 4.83. The van der Waals surface area contributed by atoms with Gasteiger partial charge in [-0.05, 0) is 18.8 Å². The molecule has 0 spiro atoms. The Hall–Kier alpha value is -1.40. The third kappa shape index (κ3) is 3.01. The molecule has 1 amide bonds. The van der Waals surface area contributed by atoms with Crippen molar-refractivity contribution in [2.75, 3.05) is 32.7 Å². The standard InChI is InChI=1S/C21H32N2O4/c1-13-5-4-6-15-11-17-18(19(25)21(13,15)3)16(20(26)27-17)12-22-7-9-23(10-8-22)14(2)24/h6,13,16-19,25H,4-5,7-12H2,1-3H3/t13-,16+,17+,18+,19+,21+/m0/s1. The number of amides is 1. The summed E-state index contributed by atoms with van der Waals surface area (Å²) in [4.78, 5) is 28.3. The number of fused-ring (bicyclic) bond motifs is 2. The van der Waals surface area contributed by atoms with Crippen LogP contribution in [0.1, 0.15) is 40.0 Å². The number of piperazine rings is 1. The number of aliphatic hydroxyl groups is 1. The van der Waals surface area contributed by atoms with Crippen molar-refractivity contribution in [1.29, 1.82) is 0 Å². The van der Waals surface area contributed by atoms with E-state index in [9.17, 15) is 14.7 Å². The van der Waals surface area contributed by atoms with Gasteiger partial charge in [-0.2, -0.15) is 0 Å². The highest BCUT2D eigenvalue weighted by atomic mass is 16.6. The Morgan fingerprint density at radius 1 is 1.33 bits per heavy atom. The molecule has 6 atom stereocenters. The van der Waals surface area contributed by atoms with Gasteiger partial charge in [0, 0.05) is 57.4 Å². The Balaban J connectivity index is 1.50. The second-order valence-electron chi connectivity index (χ2n) is 9.11. The lowest BCUT2D eigenvalue weighted by molar-refractivity contribution is -0.145. The lowest BCUT2D eigenvalue weighted by Gasteiger charge is -2.52. The number of esters is 1. The summed E-state index contributed by atoms with van der Waals surface area (Å²) in [5.41, 5.74) is 1.03. The maximum Gasteiger partial charge on any atom is 0.311 e. The molecule has 0 bridgehead atoms. The van der Waals surface area contributed by atoms with Crippen molar-refractivity contribution in [1.82, 2.24) is 9.80 Å². The van der Waals surface area contributed by atoms with Gasteiger partial charge in [0.2, 0.25) is 5.91 Å². The van der Waals surface area contributed by atoms with Crippen LogP contribution in [0, 0.1) is 23.2 Å². The van der Waals surface area contributed by atoms with Crippen molar-refractivity contribution in [3.63, 3.8) is 0 Å². The van der Waals surface area contributed by atoms with Crippen molar-refractivity contribution in [2.24, 2.45) is 23.2 Å². The third-order valence-corrected chi connectivity index (χ3v) is 7.84. The maximum absolute atomic E-state index is 12.7. The highest BCUT2D eigenvalue weighted by Gasteiger charge is 2.59. The van der Waals surface area contributed by atoms with Gasteiger partial charge in [-0.25, -0.2) is 0 Å². The van der Waals surface area contributed by atoms with E-state index in [4.69, 9.17) is 4.74 Å². The number of hydrogen-bond acceptors (Lipinski definition) is 5. The van der Waals surface area contributed by atoms with Crippen LogP contribution in [0.2, 0.25) is 0 Å². The monoisotopic (exact) mass is 376 g/mol. The first-order valence-electron chi connectivity index (χ1n) is 10.4. The average Bonchev–Trinajstić information content (AvgIpc) is 2.94. The number of rotatable bonds is 2. The van der Waals surface area contributed by atoms with E-state index in [-0.39, 0.29) is 35.2 Å². The minimum Gasteiger partial charge on any atom is -0.461 e. The Labute approximate surface area is 161 Å². The summed E-state index contributed by atoms with van der Waals surface area (Å²) in [7, 11) is 0. The predicted molar refractivity (Wildman–Crippen MR) is 101 cm³/mol. The summed E-state index contributed by atoms with van der Waals surface area (Å²) in [6.07, 6.45) is 4.42. The fourth-order valence-electron chi connectivity index (χ4n) is 5.80. The molecule has 0 unspecified atom stereocenters. The summed E-state index contributed by atoms with van der Waals surface area (Å²) < 4.78 is 5.75. The Morgan fingerprint density at radius 3 is 2.70 bits per heavy atom. The van der Waals surface area contributed by atoms with Crippen molar-refractivity contribution in [3.05, 3.63) is 11.6 Å². The quantitative estimate of drug-likeness (QED) is 0.583. The van der Waals surface area contributed by atoms with E-state index in [1.807, 2.05) is 4.90 Å². The number of carbonyl (C=O) groups excluding carboxylic acids is 2. The fourth-order valence-corrected chi connectivity index (χ4v) is 5.80. The molecule has 27 heavy (non-hydrogen) atoms. The highest BCUT2D eigenvalue weighted by molar-refractivity contribution is 5.76. The number of allylic oxidation sites excluding steroid dienone is 1. The molecule has 0 aromatic rings. The van der Waals surface area contributed by atoms with Crippen molar-refractivity contribution >= 4 is 11.9 Å². The first kappa shape index (κ1) is 18.9. The van der Waals surface area contributed by atoms with Gasteiger partial charge in [-0.3, -0.25) is 14.5 Å². The largest absolute Gasteiger partial charge is 0.461 e. The lowest BCUT2D eigenvalue weighted by Crippen LogP contribution is -2.55. The van der Waals surface area contributed by atoms with E-state index in [1.165, 1.54) is 5.57 Å². The van der Waals surface area contributed by atoms with Gasteiger partial charge in [-0.15, -0.1) is 0 Å². The van der Waals surface area contributed by atoms with Crippen molar-refractivity contribution in [2.45, 2.75) is 52.2 Å². The molecule has 2 heterocycles. The molecule has 0 aromatic heterocycles. The SMILES string of the molecule is CC(=O)N1CCN(C[C@H]2C(=O)O[C@@H]3CC4=CCC[C@H](C)[C@@]4(C)[C@H](O)[C@@H]32)CC1. The summed E-state index contributed by atoms with van der Waals surface area (Å²) >= 11 is 0. The molecule has 4 rings (SSSR count). The minimum atomic E-state index is -0.548. The van der Waals surface area contributed by atoms with E-state index in [0.717, 1.165) is 32.4 Å². The van der Waals surface area contributed by atoms with Crippen LogP contribution in [0.25, 0.3) is 0 Å². The second kappa shape index (κ2) is 6.89. The topological polar surface area (TPSA) is 70.1 Å². The molecule has 3 fully saturated rings. The van der Waals surface area contributed by atoms with Crippen LogP contribution in [0.5, 0.6) is 0 Å². The molecule has 0 aromatic carbocycles. The smallest absolute Gasteiger partial charge is 0.311 e. The molecule has 2 saturated heterocycles. The minimum absolute atomic E-state index is 0.108. The summed E-state index contributed by atoms with van der Waals surface area (Å²) in [5, 5.41) is 11.4. The van der Waals surface area contributed by atoms with E-state index >= 15 is 0 Å². The van der Waals surface area contributed by atoms with Gasteiger partial charge < -0.3 is 14.7 Å². The van der Waals surface area contributed by atoms with Crippen LogP contribution in [-0.2, 0) is 14.3 Å². The van der Waals surface area contributed by atoms with Crippen LogP contribution in [0.4, 0.5) is 0 Å². The Bertz CT molecular complexity index is 655. The van der Waals surface area contributed by atoms with Gasteiger partial charge in [0.15, 0.2) is 0 Å². The molecular weight excluding hydrogens is 344 g/mol. The van der Waals surface area contributed by atoms with Crippen LogP contribution in [-0.4, -0.2) is 71.7 Å². The average molecular weight is 376 g/mol. The zero-order chi connectivity index (χ0) is 19.3. The predicted octanol–water partition coefficient (Wildman–Crippen LogP) is 1.44. The Morgan fingerprint density at radius 2 is 2.04 bits per heavy atom. The number of aliphatic hydroxyl groups excluding tert-OH is 1. The summed E-state index contributed by atoms with van der Waals surface area (Å²) in [6.45, 7) is 9.58. The zero-order valence-electron chi connectivity index (χ0n) is 16.7. The van der Waals surface area contributed by atoms with E-state index in [0.29, 0.717) is 25.6 Å². The van der Waals surface area contributed by atoms with Crippen LogP contribution >= 0.6 is 0 Å². The van der Waals surface area contributed by atoms with Crippen LogP contribution in [0.3, 0.4) is 0 Å². The molecule has 1 N–H and O–H groups in total. The van der Waals surface area contributed by atoms with Gasteiger partial charge >= 0.3 is 5.97 Å². The first-order valence-corrected chi connectivity index (χ1v) is 10.4. The van der Waals surface area contributed by atoms with Crippen molar-refractivity contribution in [3.8, 4) is 0 Å². The van der Waals surface area contributed by atoms with Gasteiger partial charge in [0.25, 0.3) is 0 Å². The molecule has 6 nitrogen and oxygen atoms in total. The zero-order valence-corrected chi connectivity index (χ0v) is 16.7. The van der Waals surface area contributed by atoms with Gasteiger partial charge in [0.05, 0.1) is 12.0 Å². The van der Waals surface area contributed by atoms with Crippen molar-refractivity contribution < 1.29 is 19.4 Å². The van der Waals surface area contributed by atoms with Gasteiger partial charge in [-0.1, -0.05) is 25.5 Å². The number of ether oxygens (including phenoxy) is 1. The van der Waals surface area contributed by atoms with E-state index in [1.54, 1.807) is 6.92 Å². The molecule has 1 saturated carbocycles. The molecule has 6 heteroatoms. The molecule has 2 aliphatic carbocycles. The lowest BCUT2D eigenvalue weighted by atomic mass is 9.55. The van der Waals surface area contributed by atoms with Crippen LogP contribution < -0.4 is 0 Å². The fraction of sp³-hybridized carbons (Fsp3) is 0.810. The van der Waals surface area contributed by atoms with E-state index in [2.05, 4.69) is 24.8 Å². The number of nitrogens with zero attached hydrogens (tertiary/aromatic N) is 2. The molecule has 2 aliphatic heterocycles. The maximum atomic E-state index is 12.7. The third-order valence-electron chi connectivity index (χ3n) is 7.84. The highest BCUT2D eigenvalue weighted by Crippen LogP contribution is 2.56. The normalized spacial score (nSPS) is 42.2.